The molecule has 1 atom stereocenters. The van der Waals surface area contributed by atoms with Crippen LogP contribution in [0.15, 0.2) is 0 Å². The number of carbonyl (C=O) groups is 2. The molecule has 1 N–H and O–H groups in total. The highest BCUT2D eigenvalue weighted by molar-refractivity contribution is 7.98. The fraction of sp³-hybridized carbons (Fsp3) is 0.714. The zero-order valence-electron chi connectivity index (χ0n) is 12.1. The first-order chi connectivity index (χ1) is 9.65. The zero-order chi connectivity index (χ0) is 15.2. The molecule has 6 heteroatoms. The number of hydrogen-bond acceptors (Lipinski definition) is 5. The SMILES string of the molecule is C#CCOC(=O)NC(CCSC)C(=O)OCCCCC. The highest BCUT2D eigenvalue weighted by atomic mass is 32.2. The van der Waals surface area contributed by atoms with Gasteiger partial charge < -0.3 is 14.8 Å². The third kappa shape index (κ3) is 9.56. The van der Waals surface area contributed by atoms with Gasteiger partial charge in [0, 0.05) is 0 Å². The van der Waals surface area contributed by atoms with E-state index in [1.54, 1.807) is 11.8 Å². The second kappa shape index (κ2) is 12.7. The van der Waals surface area contributed by atoms with E-state index in [1.807, 2.05) is 6.26 Å². The number of terminal acetylenes is 1. The van der Waals surface area contributed by atoms with Crippen molar-refractivity contribution in [3.8, 4) is 12.3 Å². The summed E-state index contributed by atoms with van der Waals surface area (Å²) in [5, 5.41) is 2.48. The number of rotatable bonds is 10. The minimum absolute atomic E-state index is 0.118. The first-order valence-corrected chi connectivity index (χ1v) is 8.07. The van der Waals surface area contributed by atoms with Crippen LogP contribution in [0.2, 0.25) is 0 Å². The maximum atomic E-state index is 11.9. The number of esters is 1. The molecule has 1 amide bonds. The van der Waals surface area contributed by atoms with Crippen molar-refractivity contribution in [1.29, 1.82) is 0 Å². The van der Waals surface area contributed by atoms with Crippen molar-refractivity contribution in [3.05, 3.63) is 0 Å². The van der Waals surface area contributed by atoms with Crippen LogP contribution < -0.4 is 5.32 Å². The Labute approximate surface area is 125 Å². The predicted molar refractivity (Wildman–Crippen MR) is 80.6 cm³/mol. The van der Waals surface area contributed by atoms with Crippen LogP contribution in [0.25, 0.3) is 0 Å². The maximum Gasteiger partial charge on any atom is 0.408 e. The van der Waals surface area contributed by atoms with Gasteiger partial charge in [-0.1, -0.05) is 25.7 Å². The molecular weight excluding hydrogens is 278 g/mol. The van der Waals surface area contributed by atoms with E-state index in [4.69, 9.17) is 15.9 Å². The van der Waals surface area contributed by atoms with Gasteiger partial charge in [0.05, 0.1) is 6.61 Å². The van der Waals surface area contributed by atoms with E-state index >= 15 is 0 Å². The van der Waals surface area contributed by atoms with Crippen LogP contribution in [0.5, 0.6) is 0 Å². The predicted octanol–water partition coefficient (Wildman–Crippen LogP) is 2.20. The molecule has 0 saturated heterocycles. The quantitative estimate of drug-likeness (QED) is 0.381. The standard InChI is InChI=1S/C14H23NO4S/c1-4-6-7-10-18-13(16)12(8-11-20-3)15-14(17)19-9-5-2/h2,12H,4,6-11H2,1,3H3,(H,15,17). The molecule has 0 aliphatic carbocycles. The van der Waals surface area contributed by atoms with E-state index in [1.165, 1.54) is 0 Å². The van der Waals surface area contributed by atoms with Gasteiger partial charge in [-0.2, -0.15) is 11.8 Å². The molecule has 0 aromatic rings. The minimum atomic E-state index is -0.695. The molecule has 0 aromatic heterocycles. The number of nitrogens with one attached hydrogen (secondary N) is 1. The van der Waals surface area contributed by atoms with Gasteiger partial charge in [0.2, 0.25) is 0 Å². The molecule has 0 saturated carbocycles. The Bertz CT molecular complexity index is 328. The lowest BCUT2D eigenvalue weighted by atomic mass is 10.2. The molecule has 0 aliphatic rings. The summed E-state index contributed by atoms with van der Waals surface area (Å²) in [5.74, 6) is 2.51. The van der Waals surface area contributed by atoms with Crippen LogP contribution in [0.4, 0.5) is 4.79 Å². The molecule has 20 heavy (non-hydrogen) atoms. The maximum absolute atomic E-state index is 11.9. The Hall–Kier alpha value is -1.35. The lowest BCUT2D eigenvalue weighted by molar-refractivity contribution is -0.146. The van der Waals surface area contributed by atoms with E-state index in [0.717, 1.165) is 25.0 Å². The first-order valence-electron chi connectivity index (χ1n) is 6.68. The Balaban J connectivity index is 4.20. The number of amides is 1. The average molecular weight is 301 g/mol. The highest BCUT2D eigenvalue weighted by Gasteiger charge is 2.22. The van der Waals surface area contributed by atoms with Gasteiger partial charge in [-0.05, 0) is 24.9 Å². The van der Waals surface area contributed by atoms with Crippen LogP contribution in [-0.2, 0) is 14.3 Å². The van der Waals surface area contributed by atoms with Crippen LogP contribution in [-0.4, -0.2) is 43.3 Å². The van der Waals surface area contributed by atoms with Crippen LogP contribution in [0.3, 0.4) is 0 Å². The van der Waals surface area contributed by atoms with Crippen molar-refractivity contribution in [3.63, 3.8) is 0 Å². The smallest absolute Gasteiger partial charge is 0.408 e. The van der Waals surface area contributed by atoms with Gasteiger partial charge in [0.1, 0.15) is 6.04 Å². The van der Waals surface area contributed by atoms with Gasteiger partial charge in [0.15, 0.2) is 6.61 Å². The van der Waals surface area contributed by atoms with E-state index in [2.05, 4.69) is 18.2 Å². The molecule has 0 fully saturated rings. The third-order valence-corrected chi connectivity index (χ3v) is 3.11. The molecule has 5 nitrogen and oxygen atoms in total. The van der Waals surface area contributed by atoms with Crippen molar-refractivity contribution in [2.24, 2.45) is 0 Å². The van der Waals surface area contributed by atoms with Gasteiger partial charge in [-0.3, -0.25) is 0 Å². The number of alkyl carbamates (subject to hydrolysis) is 1. The average Bonchev–Trinajstić information content (AvgIpc) is 2.45. The Morgan fingerprint density at radius 3 is 2.70 bits per heavy atom. The topological polar surface area (TPSA) is 64.6 Å². The molecule has 0 aliphatic heterocycles. The van der Waals surface area contributed by atoms with Gasteiger partial charge >= 0.3 is 12.1 Å². The van der Waals surface area contributed by atoms with E-state index in [-0.39, 0.29) is 6.61 Å². The summed E-state index contributed by atoms with van der Waals surface area (Å²) >= 11 is 1.59. The summed E-state index contributed by atoms with van der Waals surface area (Å²) in [4.78, 5) is 23.3. The Kier molecular flexibility index (Phi) is 11.8. The largest absolute Gasteiger partial charge is 0.464 e. The number of ether oxygens (including phenoxy) is 2. The molecular formula is C14H23NO4S. The normalized spacial score (nSPS) is 11.2. The van der Waals surface area contributed by atoms with Crippen molar-refractivity contribution < 1.29 is 19.1 Å². The van der Waals surface area contributed by atoms with Gasteiger partial charge in [-0.25, -0.2) is 9.59 Å². The van der Waals surface area contributed by atoms with Gasteiger partial charge in [0.25, 0.3) is 0 Å². The van der Waals surface area contributed by atoms with E-state index in [0.29, 0.717) is 13.0 Å². The Morgan fingerprint density at radius 2 is 2.10 bits per heavy atom. The molecule has 0 rings (SSSR count). The fourth-order valence-electron chi connectivity index (χ4n) is 1.40. The van der Waals surface area contributed by atoms with Crippen molar-refractivity contribution >= 4 is 23.8 Å². The molecule has 1 unspecified atom stereocenters. The zero-order valence-corrected chi connectivity index (χ0v) is 13.0. The molecule has 0 bridgehead atoms. The summed E-state index contributed by atoms with van der Waals surface area (Å²) in [6.07, 6.45) is 9.63. The van der Waals surface area contributed by atoms with Crippen molar-refractivity contribution in [1.82, 2.24) is 5.32 Å². The number of hydrogen-bond donors (Lipinski definition) is 1. The fourth-order valence-corrected chi connectivity index (χ4v) is 1.87. The highest BCUT2D eigenvalue weighted by Crippen LogP contribution is 2.04. The molecule has 0 heterocycles. The number of carbonyl (C=O) groups excluding carboxylic acids is 2. The third-order valence-electron chi connectivity index (χ3n) is 2.47. The summed E-state index contributed by atoms with van der Waals surface area (Å²) in [6, 6.07) is -0.686. The summed E-state index contributed by atoms with van der Waals surface area (Å²) in [7, 11) is 0. The number of thioether (sulfide) groups is 1. The molecule has 0 radical (unpaired) electrons. The molecule has 0 spiro atoms. The van der Waals surface area contributed by atoms with Crippen molar-refractivity contribution in [2.75, 3.05) is 25.2 Å². The lowest BCUT2D eigenvalue weighted by Crippen LogP contribution is -2.42. The van der Waals surface area contributed by atoms with Crippen LogP contribution >= 0.6 is 11.8 Å². The lowest BCUT2D eigenvalue weighted by Gasteiger charge is -2.16. The van der Waals surface area contributed by atoms with E-state index < -0.39 is 18.1 Å². The summed E-state index contributed by atoms with van der Waals surface area (Å²) in [5.41, 5.74) is 0. The van der Waals surface area contributed by atoms with Crippen LogP contribution in [0, 0.1) is 12.3 Å². The van der Waals surface area contributed by atoms with E-state index in [9.17, 15) is 9.59 Å². The van der Waals surface area contributed by atoms with Gasteiger partial charge in [-0.15, -0.1) is 6.42 Å². The number of unbranched alkanes of at least 4 members (excludes halogenated alkanes) is 2. The summed E-state index contributed by atoms with van der Waals surface area (Å²) in [6.45, 7) is 2.34. The first kappa shape index (κ1) is 18.7. The molecule has 114 valence electrons. The van der Waals surface area contributed by atoms with Crippen LogP contribution in [0.1, 0.15) is 32.6 Å². The Morgan fingerprint density at radius 1 is 1.35 bits per heavy atom. The van der Waals surface area contributed by atoms with Crippen molar-refractivity contribution in [2.45, 2.75) is 38.6 Å². The second-order valence-corrected chi connectivity index (χ2v) is 5.12. The minimum Gasteiger partial charge on any atom is -0.464 e. The second-order valence-electron chi connectivity index (χ2n) is 4.13. The molecule has 0 aromatic carbocycles. The monoisotopic (exact) mass is 301 g/mol. The summed E-state index contributed by atoms with van der Waals surface area (Å²) < 4.78 is 9.84.